The summed E-state index contributed by atoms with van der Waals surface area (Å²) in [4.78, 5) is 21.8. The molecule has 2 heterocycles. The molecule has 4 rings (SSSR count). The Balaban J connectivity index is 0.000000151. The third-order valence-corrected chi connectivity index (χ3v) is 4.20. The van der Waals surface area contributed by atoms with Crippen LogP contribution in [0.5, 0.6) is 0 Å². The van der Waals surface area contributed by atoms with E-state index in [-0.39, 0.29) is 11.5 Å². The highest BCUT2D eigenvalue weighted by Crippen LogP contribution is 2.25. The van der Waals surface area contributed by atoms with Gasteiger partial charge in [0.2, 0.25) is 5.76 Å². The summed E-state index contributed by atoms with van der Waals surface area (Å²) in [5.74, 6) is -0.537. The number of carbonyl (C=O) groups excluding carboxylic acids is 1. The van der Waals surface area contributed by atoms with E-state index < -0.39 is 5.97 Å². The third kappa shape index (κ3) is 3.11. The van der Waals surface area contributed by atoms with Gasteiger partial charge >= 0.3 is 5.97 Å². The fourth-order valence-electron chi connectivity index (χ4n) is 2.89. The number of Topliss-reactive ketones (excluding diaryl/α,β-unsaturated/α-hetero) is 1. The second kappa shape index (κ2) is 6.88. The van der Waals surface area contributed by atoms with Crippen LogP contribution in [0.25, 0.3) is 21.9 Å². The first kappa shape index (κ1) is 17.5. The molecule has 0 bridgehead atoms. The molecular weight excluding hydrogens is 332 g/mol. The van der Waals surface area contributed by atoms with Crippen LogP contribution >= 0.6 is 0 Å². The minimum atomic E-state index is -1.02. The van der Waals surface area contributed by atoms with Gasteiger partial charge in [0, 0.05) is 28.8 Å². The van der Waals surface area contributed by atoms with Gasteiger partial charge in [0.1, 0.15) is 11.2 Å². The number of rotatable bonds is 2. The minimum absolute atomic E-state index is 0.0197. The van der Waals surface area contributed by atoms with Gasteiger partial charge in [-0.05, 0) is 26.0 Å². The molecule has 0 unspecified atom stereocenters. The van der Waals surface area contributed by atoms with Crippen LogP contribution in [-0.2, 0) is 0 Å². The van der Waals surface area contributed by atoms with Crippen LogP contribution in [0.1, 0.15) is 39.2 Å². The molecular formula is C21H18O5. The maximum Gasteiger partial charge on any atom is 0.372 e. The number of hydrogen-bond donors (Lipinski definition) is 1. The Bertz CT molecular complexity index is 1020. The van der Waals surface area contributed by atoms with Gasteiger partial charge in [0.15, 0.2) is 11.5 Å². The number of aryl methyl sites for hydroxylation is 2. The van der Waals surface area contributed by atoms with E-state index in [9.17, 15) is 9.59 Å². The lowest BCUT2D eigenvalue weighted by atomic mass is 10.1. The van der Waals surface area contributed by atoms with Gasteiger partial charge < -0.3 is 13.9 Å². The van der Waals surface area contributed by atoms with Gasteiger partial charge in [-0.25, -0.2) is 4.79 Å². The standard InChI is InChI=1S/C11H10O2.C10H8O3/c1-7-9-5-3-4-6-10(9)13-11(7)8(2)12;1-6-7-4-2-3-5-8(7)13-9(6)10(11)12/h3-6H,1-2H3;2-5H,1H3,(H,11,12). The van der Waals surface area contributed by atoms with E-state index in [0.29, 0.717) is 16.9 Å². The van der Waals surface area contributed by atoms with Gasteiger partial charge in [0.25, 0.3) is 0 Å². The maximum atomic E-state index is 11.1. The topological polar surface area (TPSA) is 80.7 Å². The number of carbonyl (C=O) groups is 2. The van der Waals surface area contributed by atoms with Crippen LogP contribution in [0.15, 0.2) is 57.4 Å². The summed E-state index contributed by atoms with van der Waals surface area (Å²) in [6.07, 6.45) is 0. The number of hydrogen-bond acceptors (Lipinski definition) is 4. The molecule has 0 aliphatic heterocycles. The van der Waals surface area contributed by atoms with E-state index >= 15 is 0 Å². The largest absolute Gasteiger partial charge is 0.475 e. The van der Waals surface area contributed by atoms with Crippen LogP contribution in [0.4, 0.5) is 0 Å². The number of fused-ring (bicyclic) bond motifs is 2. The number of carboxylic acids is 1. The van der Waals surface area contributed by atoms with Crippen molar-refractivity contribution in [2.75, 3.05) is 0 Å². The third-order valence-electron chi connectivity index (χ3n) is 4.20. The van der Waals surface area contributed by atoms with Gasteiger partial charge in [-0.15, -0.1) is 0 Å². The molecule has 5 nitrogen and oxygen atoms in total. The SMILES string of the molecule is CC(=O)c1oc2ccccc2c1C.Cc1c(C(=O)O)oc2ccccc12. The first-order chi connectivity index (χ1) is 12.4. The summed E-state index contributed by atoms with van der Waals surface area (Å²) in [7, 11) is 0. The lowest BCUT2D eigenvalue weighted by molar-refractivity contribution is 0.0663. The van der Waals surface area contributed by atoms with Crippen LogP contribution in [-0.4, -0.2) is 16.9 Å². The Morgan fingerprint density at radius 1 is 0.769 bits per heavy atom. The molecule has 0 aliphatic carbocycles. The average molecular weight is 350 g/mol. The average Bonchev–Trinajstić information content (AvgIpc) is 3.14. The van der Waals surface area contributed by atoms with Crippen molar-refractivity contribution in [3.63, 3.8) is 0 Å². The second-order valence-corrected chi connectivity index (χ2v) is 5.97. The Labute approximate surface area is 149 Å². The summed E-state index contributed by atoms with van der Waals surface area (Å²) in [5, 5.41) is 10.7. The van der Waals surface area contributed by atoms with Gasteiger partial charge in [-0.2, -0.15) is 0 Å². The second-order valence-electron chi connectivity index (χ2n) is 5.97. The lowest BCUT2D eigenvalue weighted by Crippen LogP contribution is -1.94. The Morgan fingerprint density at radius 2 is 1.19 bits per heavy atom. The molecule has 0 aliphatic rings. The Morgan fingerprint density at radius 3 is 1.62 bits per heavy atom. The summed E-state index contributed by atoms with van der Waals surface area (Å²) in [5.41, 5.74) is 3.02. The number of carboxylic acid groups (broad SMARTS) is 1. The minimum Gasteiger partial charge on any atom is -0.475 e. The number of benzene rings is 2. The predicted octanol–water partition coefficient (Wildman–Crippen LogP) is 5.38. The number of ketones is 1. The molecule has 4 aromatic rings. The molecule has 132 valence electrons. The van der Waals surface area contributed by atoms with E-state index in [2.05, 4.69) is 0 Å². The van der Waals surface area contributed by atoms with Crippen LogP contribution in [0.3, 0.4) is 0 Å². The molecule has 0 saturated carbocycles. The highest BCUT2D eigenvalue weighted by atomic mass is 16.4. The van der Waals surface area contributed by atoms with E-state index in [1.165, 1.54) is 6.92 Å². The van der Waals surface area contributed by atoms with Crippen molar-refractivity contribution >= 4 is 33.7 Å². The smallest absolute Gasteiger partial charge is 0.372 e. The molecule has 2 aromatic heterocycles. The van der Waals surface area contributed by atoms with Crippen LogP contribution < -0.4 is 0 Å². The fourth-order valence-corrected chi connectivity index (χ4v) is 2.89. The van der Waals surface area contributed by atoms with E-state index in [4.69, 9.17) is 13.9 Å². The molecule has 0 amide bonds. The quantitative estimate of drug-likeness (QED) is 0.491. The Kier molecular flexibility index (Phi) is 4.63. The van der Waals surface area contributed by atoms with Crippen molar-refractivity contribution in [1.82, 2.24) is 0 Å². The Hall–Kier alpha value is -3.34. The highest BCUT2D eigenvalue weighted by Gasteiger charge is 2.15. The number of aromatic carboxylic acids is 1. The zero-order chi connectivity index (χ0) is 18.8. The van der Waals surface area contributed by atoms with Crippen molar-refractivity contribution in [1.29, 1.82) is 0 Å². The van der Waals surface area contributed by atoms with E-state index in [0.717, 1.165) is 21.9 Å². The van der Waals surface area contributed by atoms with Crippen molar-refractivity contribution in [2.45, 2.75) is 20.8 Å². The fraction of sp³-hybridized carbons (Fsp3) is 0.143. The molecule has 2 aromatic carbocycles. The molecule has 0 atom stereocenters. The first-order valence-electron chi connectivity index (χ1n) is 8.10. The summed E-state index contributed by atoms with van der Waals surface area (Å²) >= 11 is 0. The van der Waals surface area contributed by atoms with Gasteiger partial charge in [-0.3, -0.25) is 4.79 Å². The molecule has 0 radical (unpaired) electrons. The molecule has 1 N–H and O–H groups in total. The van der Waals surface area contributed by atoms with Crippen molar-refractivity contribution in [3.8, 4) is 0 Å². The maximum absolute atomic E-state index is 11.1. The summed E-state index contributed by atoms with van der Waals surface area (Å²) in [6, 6.07) is 14.9. The zero-order valence-corrected chi connectivity index (χ0v) is 14.7. The van der Waals surface area contributed by atoms with Crippen molar-refractivity contribution in [3.05, 3.63) is 71.2 Å². The summed E-state index contributed by atoms with van der Waals surface area (Å²) in [6.45, 7) is 5.17. The molecule has 5 heteroatoms. The highest BCUT2D eigenvalue weighted by molar-refractivity contribution is 5.98. The molecule has 0 fully saturated rings. The number of furan rings is 2. The van der Waals surface area contributed by atoms with Crippen LogP contribution in [0.2, 0.25) is 0 Å². The summed E-state index contributed by atoms with van der Waals surface area (Å²) < 4.78 is 10.6. The zero-order valence-electron chi connectivity index (χ0n) is 14.7. The van der Waals surface area contributed by atoms with Crippen molar-refractivity contribution in [2.24, 2.45) is 0 Å². The van der Waals surface area contributed by atoms with Crippen LogP contribution in [0, 0.1) is 13.8 Å². The molecule has 0 saturated heterocycles. The van der Waals surface area contributed by atoms with E-state index in [1.54, 1.807) is 13.0 Å². The van der Waals surface area contributed by atoms with Gasteiger partial charge in [0.05, 0.1) is 0 Å². The van der Waals surface area contributed by atoms with Gasteiger partial charge in [-0.1, -0.05) is 36.4 Å². The normalized spacial score (nSPS) is 10.6. The molecule has 26 heavy (non-hydrogen) atoms. The lowest BCUT2D eigenvalue weighted by Gasteiger charge is -1.88. The molecule has 0 spiro atoms. The van der Waals surface area contributed by atoms with Crippen molar-refractivity contribution < 1.29 is 23.5 Å². The first-order valence-corrected chi connectivity index (χ1v) is 8.10. The monoisotopic (exact) mass is 350 g/mol. The van der Waals surface area contributed by atoms with E-state index in [1.807, 2.05) is 49.4 Å². The number of para-hydroxylation sites is 2. The predicted molar refractivity (Wildman–Crippen MR) is 98.9 cm³/mol.